The van der Waals surface area contributed by atoms with Crippen LogP contribution in [0.25, 0.3) is 0 Å². The maximum absolute atomic E-state index is 10.9. The molecule has 4 heteroatoms. The van der Waals surface area contributed by atoms with E-state index in [0.717, 1.165) is 0 Å². The number of carbonyl (C=O) groups is 2. The first-order chi connectivity index (χ1) is 5.69. The summed E-state index contributed by atoms with van der Waals surface area (Å²) in [5, 5.41) is 0. The van der Waals surface area contributed by atoms with E-state index in [4.69, 9.17) is 4.42 Å². The predicted octanol–water partition coefficient (Wildman–Crippen LogP) is 1.19. The SMILES string of the molecule is COC(=O)c1oc(C=O)cc1C. The van der Waals surface area contributed by atoms with Gasteiger partial charge < -0.3 is 9.15 Å². The second-order valence-corrected chi connectivity index (χ2v) is 2.27. The van der Waals surface area contributed by atoms with E-state index in [1.54, 1.807) is 6.92 Å². The first kappa shape index (κ1) is 8.52. The van der Waals surface area contributed by atoms with Gasteiger partial charge in [0.05, 0.1) is 7.11 Å². The largest absolute Gasteiger partial charge is 0.463 e. The van der Waals surface area contributed by atoms with Gasteiger partial charge in [-0.2, -0.15) is 0 Å². The van der Waals surface area contributed by atoms with Gasteiger partial charge in [-0.1, -0.05) is 0 Å². The number of aryl methyl sites for hydroxylation is 1. The Balaban J connectivity index is 3.07. The van der Waals surface area contributed by atoms with E-state index >= 15 is 0 Å². The van der Waals surface area contributed by atoms with Gasteiger partial charge in [-0.25, -0.2) is 4.79 Å². The number of hydrogen-bond acceptors (Lipinski definition) is 4. The van der Waals surface area contributed by atoms with Gasteiger partial charge in [-0.05, 0) is 13.0 Å². The van der Waals surface area contributed by atoms with Crippen molar-refractivity contribution >= 4 is 12.3 Å². The Morgan fingerprint density at radius 2 is 2.33 bits per heavy atom. The summed E-state index contributed by atoms with van der Waals surface area (Å²) in [6.07, 6.45) is 0.541. The molecule has 0 atom stereocenters. The van der Waals surface area contributed by atoms with E-state index in [-0.39, 0.29) is 11.5 Å². The molecule has 1 aromatic rings. The van der Waals surface area contributed by atoms with Gasteiger partial charge in [0.1, 0.15) is 0 Å². The number of aldehydes is 1. The normalized spacial score (nSPS) is 9.50. The highest BCUT2D eigenvalue weighted by Crippen LogP contribution is 2.13. The van der Waals surface area contributed by atoms with Gasteiger partial charge in [-0.15, -0.1) is 0 Å². The molecule has 0 aromatic carbocycles. The Morgan fingerprint density at radius 1 is 1.67 bits per heavy atom. The summed E-state index contributed by atoms with van der Waals surface area (Å²) in [5.74, 6) is -0.354. The monoisotopic (exact) mass is 168 g/mol. The van der Waals surface area contributed by atoms with Crippen LogP contribution in [-0.4, -0.2) is 19.4 Å². The molecule has 0 spiro atoms. The Kier molecular flexibility index (Phi) is 2.28. The number of rotatable bonds is 2. The number of ether oxygens (including phenoxy) is 1. The average Bonchev–Trinajstić information content (AvgIpc) is 2.45. The van der Waals surface area contributed by atoms with E-state index in [2.05, 4.69) is 4.74 Å². The molecule has 0 aliphatic rings. The molecular formula is C8H8O4. The molecule has 0 saturated carbocycles. The third-order valence-electron chi connectivity index (χ3n) is 1.42. The summed E-state index contributed by atoms with van der Waals surface area (Å²) in [5.41, 5.74) is 0.601. The molecule has 4 nitrogen and oxygen atoms in total. The van der Waals surface area contributed by atoms with Crippen LogP contribution in [0.3, 0.4) is 0 Å². The lowest BCUT2D eigenvalue weighted by Gasteiger charge is -1.93. The van der Waals surface area contributed by atoms with Crippen LogP contribution in [-0.2, 0) is 4.74 Å². The first-order valence-corrected chi connectivity index (χ1v) is 3.33. The highest BCUT2D eigenvalue weighted by molar-refractivity contribution is 5.89. The van der Waals surface area contributed by atoms with Gasteiger partial charge in [0.2, 0.25) is 5.76 Å². The predicted molar refractivity (Wildman–Crippen MR) is 40.2 cm³/mol. The molecule has 1 aromatic heterocycles. The van der Waals surface area contributed by atoms with Gasteiger partial charge in [0.15, 0.2) is 12.0 Å². The first-order valence-electron chi connectivity index (χ1n) is 3.33. The van der Waals surface area contributed by atoms with Crippen LogP contribution in [0, 0.1) is 6.92 Å². The average molecular weight is 168 g/mol. The highest BCUT2D eigenvalue weighted by Gasteiger charge is 2.15. The van der Waals surface area contributed by atoms with Crippen molar-refractivity contribution in [3.8, 4) is 0 Å². The van der Waals surface area contributed by atoms with Crippen LogP contribution in [0.5, 0.6) is 0 Å². The number of methoxy groups -OCH3 is 1. The molecule has 0 amide bonds. The fraction of sp³-hybridized carbons (Fsp3) is 0.250. The molecule has 0 aliphatic heterocycles. The standard InChI is InChI=1S/C8H8O4/c1-5-3-6(4-9)12-7(5)8(10)11-2/h3-4H,1-2H3. The zero-order valence-corrected chi connectivity index (χ0v) is 6.79. The fourth-order valence-corrected chi connectivity index (χ4v) is 0.860. The number of furan rings is 1. The van der Waals surface area contributed by atoms with Crippen molar-refractivity contribution in [2.45, 2.75) is 6.92 Å². The molecule has 0 saturated heterocycles. The van der Waals surface area contributed by atoms with E-state index in [9.17, 15) is 9.59 Å². The van der Waals surface area contributed by atoms with Crippen LogP contribution in [0.15, 0.2) is 10.5 Å². The molecular weight excluding hydrogens is 160 g/mol. The molecule has 1 heterocycles. The van der Waals surface area contributed by atoms with Crippen molar-refractivity contribution in [3.63, 3.8) is 0 Å². The molecule has 0 N–H and O–H groups in total. The summed E-state index contributed by atoms with van der Waals surface area (Å²) in [6, 6.07) is 1.49. The maximum Gasteiger partial charge on any atom is 0.374 e. The van der Waals surface area contributed by atoms with Crippen LogP contribution < -0.4 is 0 Å². The van der Waals surface area contributed by atoms with Crippen LogP contribution in [0.2, 0.25) is 0 Å². The van der Waals surface area contributed by atoms with Crippen LogP contribution in [0.1, 0.15) is 26.7 Å². The van der Waals surface area contributed by atoms with Crippen molar-refractivity contribution in [1.29, 1.82) is 0 Å². The molecule has 0 unspecified atom stereocenters. The maximum atomic E-state index is 10.9. The summed E-state index contributed by atoms with van der Waals surface area (Å²) in [7, 11) is 1.25. The zero-order valence-electron chi connectivity index (χ0n) is 6.79. The van der Waals surface area contributed by atoms with Gasteiger partial charge >= 0.3 is 5.97 Å². The lowest BCUT2D eigenvalue weighted by molar-refractivity contribution is 0.0562. The topological polar surface area (TPSA) is 56.5 Å². The molecule has 64 valence electrons. The van der Waals surface area contributed by atoms with Crippen LogP contribution >= 0.6 is 0 Å². The Hall–Kier alpha value is -1.58. The molecule has 0 radical (unpaired) electrons. The van der Waals surface area contributed by atoms with Crippen molar-refractivity contribution < 1.29 is 18.7 Å². The van der Waals surface area contributed by atoms with E-state index in [0.29, 0.717) is 11.8 Å². The highest BCUT2D eigenvalue weighted by atomic mass is 16.5. The van der Waals surface area contributed by atoms with Crippen LogP contribution in [0.4, 0.5) is 0 Å². The van der Waals surface area contributed by atoms with Crippen molar-refractivity contribution in [2.75, 3.05) is 7.11 Å². The fourth-order valence-electron chi connectivity index (χ4n) is 0.860. The van der Waals surface area contributed by atoms with E-state index in [1.165, 1.54) is 13.2 Å². The summed E-state index contributed by atoms with van der Waals surface area (Å²) >= 11 is 0. The second kappa shape index (κ2) is 3.21. The Morgan fingerprint density at radius 3 is 2.75 bits per heavy atom. The van der Waals surface area contributed by atoms with Crippen molar-refractivity contribution in [1.82, 2.24) is 0 Å². The molecule has 0 fully saturated rings. The van der Waals surface area contributed by atoms with E-state index in [1.807, 2.05) is 0 Å². The minimum Gasteiger partial charge on any atom is -0.463 e. The summed E-state index contributed by atoms with van der Waals surface area (Å²) in [6.45, 7) is 1.67. The lowest BCUT2D eigenvalue weighted by atomic mass is 10.3. The van der Waals surface area contributed by atoms with Gasteiger partial charge in [-0.3, -0.25) is 4.79 Å². The van der Waals surface area contributed by atoms with E-state index < -0.39 is 5.97 Å². The number of carbonyl (C=O) groups excluding carboxylic acids is 2. The molecule has 1 rings (SSSR count). The minimum atomic E-state index is -0.569. The third kappa shape index (κ3) is 1.37. The van der Waals surface area contributed by atoms with Gasteiger partial charge in [0.25, 0.3) is 0 Å². The molecule has 0 bridgehead atoms. The summed E-state index contributed by atoms with van der Waals surface area (Å²) < 4.78 is 9.30. The smallest absolute Gasteiger partial charge is 0.374 e. The minimum absolute atomic E-state index is 0.0830. The Bertz CT molecular complexity index is 311. The zero-order chi connectivity index (χ0) is 9.14. The lowest BCUT2D eigenvalue weighted by Crippen LogP contribution is -2.00. The number of esters is 1. The quantitative estimate of drug-likeness (QED) is 0.491. The summed E-state index contributed by atoms with van der Waals surface area (Å²) in [4.78, 5) is 21.2. The third-order valence-corrected chi connectivity index (χ3v) is 1.42. The van der Waals surface area contributed by atoms with Crippen molar-refractivity contribution in [2.24, 2.45) is 0 Å². The number of hydrogen-bond donors (Lipinski definition) is 0. The van der Waals surface area contributed by atoms with Gasteiger partial charge in [0, 0.05) is 5.56 Å². The molecule has 12 heavy (non-hydrogen) atoms. The second-order valence-electron chi connectivity index (χ2n) is 2.27. The van der Waals surface area contributed by atoms with Crippen molar-refractivity contribution in [3.05, 3.63) is 23.2 Å². The molecule has 0 aliphatic carbocycles. The Labute approximate surface area is 69.1 Å².